The SMILES string of the molecule is O=C(c1ccccc1)c1ccn2c(-c3ccccc3)ncc2c1. The van der Waals surface area contributed by atoms with Crippen LogP contribution in [0.4, 0.5) is 0 Å². The standard InChI is InChI=1S/C20H14N2O/c23-19(15-7-3-1-4-8-15)17-11-12-22-18(13-17)14-21-20(22)16-9-5-2-6-10-16/h1-14H. The van der Waals surface area contributed by atoms with Crippen molar-refractivity contribution in [3.63, 3.8) is 0 Å². The van der Waals surface area contributed by atoms with E-state index in [1.807, 2.05) is 83.4 Å². The van der Waals surface area contributed by atoms with Crippen LogP contribution < -0.4 is 0 Å². The van der Waals surface area contributed by atoms with Crippen molar-refractivity contribution < 1.29 is 4.79 Å². The number of rotatable bonds is 3. The largest absolute Gasteiger partial charge is 0.300 e. The van der Waals surface area contributed by atoms with E-state index in [0.717, 1.165) is 16.9 Å². The van der Waals surface area contributed by atoms with Gasteiger partial charge in [0.1, 0.15) is 5.82 Å². The number of ketones is 1. The highest BCUT2D eigenvalue weighted by Crippen LogP contribution is 2.21. The van der Waals surface area contributed by atoms with Gasteiger partial charge < -0.3 is 0 Å². The fourth-order valence-electron chi connectivity index (χ4n) is 2.70. The minimum atomic E-state index is 0.0237. The Hall–Kier alpha value is -3.20. The van der Waals surface area contributed by atoms with Gasteiger partial charge in [-0.15, -0.1) is 0 Å². The molecule has 0 saturated heterocycles. The second-order valence-electron chi connectivity index (χ2n) is 5.35. The molecule has 23 heavy (non-hydrogen) atoms. The van der Waals surface area contributed by atoms with Crippen LogP contribution >= 0.6 is 0 Å². The van der Waals surface area contributed by atoms with Gasteiger partial charge in [-0.25, -0.2) is 4.98 Å². The van der Waals surface area contributed by atoms with Crippen LogP contribution in [0.1, 0.15) is 15.9 Å². The molecule has 2 heterocycles. The zero-order valence-electron chi connectivity index (χ0n) is 12.4. The lowest BCUT2D eigenvalue weighted by atomic mass is 10.0. The van der Waals surface area contributed by atoms with Gasteiger partial charge >= 0.3 is 0 Å². The number of benzene rings is 2. The Balaban J connectivity index is 1.77. The molecule has 0 aliphatic carbocycles. The van der Waals surface area contributed by atoms with Crippen LogP contribution in [0, 0.1) is 0 Å². The van der Waals surface area contributed by atoms with Crippen molar-refractivity contribution in [2.45, 2.75) is 0 Å². The van der Waals surface area contributed by atoms with Gasteiger partial charge in [0.2, 0.25) is 0 Å². The monoisotopic (exact) mass is 298 g/mol. The lowest BCUT2D eigenvalue weighted by molar-refractivity contribution is 0.103. The Morgan fingerprint density at radius 1 is 0.826 bits per heavy atom. The summed E-state index contributed by atoms with van der Waals surface area (Å²) in [5.74, 6) is 0.898. The molecule has 0 radical (unpaired) electrons. The van der Waals surface area contributed by atoms with Gasteiger partial charge in [0.15, 0.2) is 5.78 Å². The average Bonchev–Trinajstić information content (AvgIpc) is 3.06. The summed E-state index contributed by atoms with van der Waals surface area (Å²) in [7, 11) is 0. The number of pyridine rings is 1. The van der Waals surface area contributed by atoms with Crippen LogP contribution in [-0.4, -0.2) is 15.2 Å². The van der Waals surface area contributed by atoms with Gasteiger partial charge in [-0.05, 0) is 12.1 Å². The summed E-state index contributed by atoms with van der Waals surface area (Å²) in [5.41, 5.74) is 3.32. The predicted octanol–water partition coefficient (Wildman–Crippen LogP) is 4.23. The molecular formula is C20H14N2O. The van der Waals surface area contributed by atoms with Crippen LogP contribution in [0.2, 0.25) is 0 Å². The van der Waals surface area contributed by atoms with Crippen LogP contribution in [-0.2, 0) is 0 Å². The highest BCUT2D eigenvalue weighted by Gasteiger charge is 2.11. The molecule has 4 aromatic rings. The summed E-state index contributed by atoms with van der Waals surface area (Å²) >= 11 is 0. The number of hydrogen-bond donors (Lipinski definition) is 0. The lowest BCUT2D eigenvalue weighted by Crippen LogP contribution is -2.01. The molecule has 4 rings (SSSR count). The molecule has 3 heteroatoms. The van der Waals surface area contributed by atoms with Crippen molar-refractivity contribution in [2.24, 2.45) is 0 Å². The number of fused-ring (bicyclic) bond motifs is 1. The van der Waals surface area contributed by atoms with Crippen molar-refractivity contribution in [3.8, 4) is 11.4 Å². The maximum atomic E-state index is 12.5. The third-order valence-electron chi connectivity index (χ3n) is 3.86. The van der Waals surface area contributed by atoms with Crippen molar-refractivity contribution in [1.29, 1.82) is 0 Å². The van der Waals surface area contributed by atoms with E-state index in [2.05, 4.69) is 4.98 Å². The van der Waals surface area contributed by atoms with Crippen LogP contribution in [0.15, 0.2) is 85.2 Å². The topological polar surface area (TPSA) is 34.4 Å². The van der Waals surface area contributed by atoms with Gasteiger partial charge in [-0.2, -0.15) is 0 Å². The Morgan fingerprint density at radius 2 is 1.52 bits per heavy atom. The van der Waals surface area contributed by atoms with E-state index in [-0.39, 0.29) is 5.78 Å². The molecule has 0 aliphatic rings. The molecule has 0 bridgehead atoms. The minimum Gasteiger partial charge on any atom is -0.300 e. The second kappa shape index (κ2) is 5.54. The van der Waals surface area contributed by atoms with Crippen LogP contribution in [0.3, 0.4) is 0 Å². The van der Waals surface area contributed by atoms with Crippen LogP contribution in [0.25, 0.3) is 16.9 Å². The first kappa shape index (κ1) is 13.5. The van der Waals surface area contributed by atoms with Crippen molar-refractivity contribution in [2.75, 3.05) is 0 Å². The first-order valence-electron chi connectivity index (χ1n) is 7.45. The molecule has 0 spiro atoms. The molecule has 0 atom stereocenters. The maximum absolute atomic E-state index is 12.5. The molecule has 3 nitrogen and oxygen atoms in total. The van der Waals surface area contributed by atoms with Gasteiger partial charge in [0.25, 0.3) is 0 Å². The molecule has 0 fully saturated rings. The number of hydrogen-bond acceptors (Lipinski definition) is 2. The molecule has 0 N–H and O–H groups in total. The third-order valence-corrected chi connectivity index (χ3v) is 3.86. The molecule has 0 amide bonds. The number of carbonyl (C=O) groups excluding carboxylic acids is 1. The van der Waals surface area contributed by atoms with E-state index >= 15 is 0 Å². The summed E-state index contributed by atoms with van der Waals surface area (Å²) in [4.78, 5) is 17.0. The van der Waals surface area contributed by atoms with Gasteiger partial charge in [0.05, 0.1) is 11.7 Å². The summed E-state index contributed by atoms with van der Waals surface area (Å²) in [5, 5.41) is 0. The predicted molar refractivity (Wildman–Crippen MR) is 90.5 cm³/mol. The van der Waals surface area contributed by atoms with E-state index in [1.165, 1.54) is 0 Å². The quantitative estimate of drug-likeness (QED) is 0.530. The highest BCUT2D eigenvalue weighted by molar-refractivity contribution is 6.09. The van der Waals surface area contributed by atoms with Crippen molar-refractivity contribution in [3.05, 3.63) is 96.3 Å². The summed E-state index contributed by atoms with van der Waals surface area (Å²) < 4.78 is 2.00. The van der Waals surface area contributed by atoms with E-state index in [4.69, 9.17) is 0 Å². The van der Waals surface area contributed by atoms with E-state index < -0.39 is 0 Å². The first-order chi connectivity index (χ1) is 11.3. The molecule has 2 aromatic carbocycles. The molecule has 110 valence electrons. The van der Waals surface area contributed by atoms with Crippen LogP contribution in [0.5, 0.6) is 0 Å². The smallest absolute Gasteiger partial charge is 0.193 e. The Bertz CT molecular complexity index is 972. The third kappa shape index (κ3) is 2.42. The number of carbonyl (C=O) groups is 1. The van der Waals surface area contributed by atoms with Crippen molar-refractivity contribution >= 4 is 11.3 Å². The van der Waals surface area contributed by atoms with Gasteiger partial charge in [-0.1, -0.05) is 60.7 Å². The molecule has 0 saturated carbocycles. The van der Waals surface area contributed by atoms with E-state index in [9.17, 15) is 4.79 Å². The molecule has 0 unspecified atom stereocenters. The van der Waals surface area contributed by atoms with E-state index in [1.54, 1.807) is 6.20 Å². The number of aromatic nitrogens is 2. The number of nitrogens with zero attached hydrogens (tertiary/aromatic N) is 2. The zero-order chi connectivity index (χ0) is 15.6. The minimum absolute atomic E-state index is 0.0237. The zero-order valence-corrected chi connectivity index (χ0v) is 12.4. The fraction of sp³-hybridized carbons (Fsp3) is 0. The van der Waals surface area contributed by atoms with Crippen molar-refractivity contribution in [1.82, 2.24) is 9.38 Å². The highest BCUT2D eigenvalue weighted by atomic mass is 16.1. The Morgan fingerprint density at radius 3 is 2.26 bits per heavy atom. The fourth-order valence-corrected chi connectivity index (χ4v) is 2.70. The second-order valence-corrected chi connectivity index (χ2v) is 5.35. The number of imidazole rings is 1. The lowest BCUT2D eigenvalue weighted by Gasteiger charge is -2.04. The first-order valence-corrected chi connectivity index (χ1v) is 7.45. The van der Waals surface area contributed by atoms with Gasteiger partial charge in [0, 0.05) is 22.9 Å². The van der Waals surface area contributed by atoms with Gasteiger partial charge in [-0.3, -0.25) is 9.20 Å². The van der Waals surface area contributed by atoms with E-state index in [0.29, 0.717) is 11.1 Å². The Labute approximate surface area is 133 Å². The molecule has 0 aliphatic heterocycles. The molecule has 2 aromatic heterocycles. The normalized spacial score (nSPS) is 10.8. The Kier molecular flexibility index (Phi) is 3.24. The summed E-state index contributed by atoms with van der Waals surface area (Å²) in [6.07, 6.45) is 3.70. The average molecular weight is 298 g/mol. The maximum Gasteiger partial charge on any atom is 0.193 e. The summed E-state index contributed by atoms with van der Waals surface area (Å²) in [6, 6.07) is 23.1. The summed E-state index contributed by atoms with van der Waals surface area (Å²) in [6.45, 7) is 0. The molecular weight excluding hydrogens is 284 g/mol.